The Labute approximate surface area is 225 Å². The summed E-state index contributed by atoms with van der Waals surface area (Å²) in [5, 5.41) is 3.66. The second kappa shape index (κ2) is 13.1. The van der Waals surface area contributed by atoms with Crippen molar-refractivity contribution in [3.63, 3.8) is 0 Å². The van der Waals surface area contributed by atoms with Crippen LogP contribution in [0.3, 0.4) is 0 Å². The number of carbonyl (C=O) groups excluding carboxylic acids is 2. The highest BCUT2D eigenvalue weighted by atomic mass is 35.5. The van der Waals surface area contributed by atoms with Gasteiger partial charge in [0, 0.05) is 17.6 Å². The van der Waals surface area contributed by atoms with Crippen LogP contribution >= 0.6 is 11.6 Å². The number of hydrogen-bond donors (Lipinski definition) is 1. The molecule has 3 rings (SSSR count). The van der Waals surface area contributed by atoms with Crippen molar-refractivity contribution in [3.05, 3.63) is 59.1 Å². The number of anilines is 1. The van der Waals surface area contributed by atoms with Gasteiger partial charge in [0.1, 0.15) is 18.3 Å². The average Bonchev–Trinajstić information content (AvgIpc) is 3.36. The van der Waals surface area contributed by atoms with Crippen LogP contribution in [0.2, 0.25) is 5.02 Å². The van der Waals surface area contributed by atoms with Gasteiger partial charge in [0.25, 0.3) is 0 Å². The van der Waals surface area contributed by atoms with Gasteiger partial charge in [-0.3, -0.25) is 13.9 Å². The summed E-state index contributed by atoms with van der Waals surface area (Å²) < 4.78 is 32.0. The van der Waals surface area contributed by atoms with E-state index < -0.39 is 28.5 Å². The van der Waals surface area contributed by atoms with E-state index in [1.165, 1.54) is 4.90 Å². The van der Waals surface area contributed by atoms with Crippen LogP contribution in [0.5, 0.6) is 5.75 Å². The first kappa shape index (κ1) is 28.8. The molecule has 0 bridgehead atoms. The van der Waals surface area contributed by atoms with Gasteiger partial charge in [0.2, 0.25) is 21.8 Å². The van der Waals surface area contributed by atoms with Crippen molar-refractivity contribution in [3.8, 4) is 5.75 Å². The third kappa shape index (κ3) is 8.10. The molecule has 1 aliphatic carbocycles. The minimum Gasteiger partial charge on any atom is -0.494 e. The molecule has 202 valence electrons. The fraction of sp³-hybridized carbons (Fsp3) is 0.481. The number of nitrogens with one attached hydrogen (secondary N) is 1. The molecule has 0 heterocycles. The number of nitrogens with zero attached hydrogens (tertiary/aromatic N) is 2. The van der Waals surface area contributed by atoms with E-state index in [4.69, 9.17) is 16.3 Å². The zero-order valence-corrected chi connectivity index (χ0v) is 23.2. The van der Waals surface area contributed by atoms with Crippen molar-refractivity contribution in [2.45, 2.75) is 64.6 Å². The molecule has 0 aliphatic heterocycles. The van der Waals surface area contributed by atoms with Gasteiger partial charge in [-0.1, -0.05) is 43.5 Å². The quantitative estimate of drug-likeness (QED) is 0.424. The van der Waals surface area contributed by atoms with Crippen LogP contribution in [0.15, 0.2) is 48.5 Å². The lowest BCUT2D eigenvalue weighted by molar-refractivity contribution is -0.140. The molecule has 2 aromatic rings. The number of ether oxygens (including phenoxy) is 1. The lowest BCUT2D eigenvalue weighted by Crippen LogP contribution is -2.53. The van der Waals surface area contributed by atoms with Gasteiger partial charge in [-0.2, -0.15) is 0 Å². The van der Waals surface area contributed by atoms with Crippen LogP contribution in [0, 0.1) is 0 Å². The topological polar surface area (TPSA) is 96.0 Å². The van der Waals surface area contributed by atoms with Crippen LogP contribution < -0.4 is 14.4 Å². The summed E-state index contributed by atoms with van der Waals surface area (Å²) in [6.45, 7) is 3.90. The maximum absolute atomic E-state index is 13.7. The molecule has 2 amide bonds. The summed E-state index contributed by atoms with van der Waals surface area (Å²) in [4.78, 5) is 28.5. The number of rotatable bonds is 12. The highest BCUT2D eigenvalue weighted by Gasteiger charge is 2.33. The second-order valence-electron chi connectivity index (χ2n) is 9.26. The Kier molecular flexibility index (Phi) is 10.2. The average molecular weight is 550 g/mol. The Hall–Kier alpha value is -2.78. The van der Waals surface area contributed by atoms with Crippen molar-refractivity contribution in [2.24, 2.45) is 0 Å². The van der Waals surface area contributed by atoms with Crippen molar-refractivity contribution in [2.75, 3.05) is 23.7 Å². The minimum absolute atomic E-state index is 0.102. The summed E-state index contributed by atoms with van der Waals surface area (Å²) in [7, 11) is -3.79. The van der Waals surface area contributed by atoms with E-state index in [2.05, 4.69) is 5.32 Å². The molecule has 0 radical (unpaired) electrons. The third-order valence-corrected chi connectivity index (χ3v) is 7.86. The second-order valence-corrected chi connectivity index (χ2v) is 11.6. The zero-order chi connectivity index (χ0) is 27.0. The molecule has 0 saturated heterocycles. The van der Waals surface area contributed by atoms with Crippen molar-refractivity contribution < 1.29 is 22.7 Å². The standard InChI is InChI=1S/C27H36ClN3O5S/c1-4-25(27(33)29-22-8-6-7-9-22)30(18-20-10-12-21(28)13-11-20)26(32)19-31(37(3,34)35)23-14-16-24(17-15-23)36-5-2/h10-17,22,25H,4-9,18-19H2,1-3H3,(H,29,33)/t25-/m0/s1. The predicted octanol–water partition coefficient (Wildman–Crippen LogP) is 4.37. The molecule has 0 aromatic heterocycles. The largest absolute Gasteiger partial charge is 0.494 e. The monoisotopic (exact) mass is 549 g/mol. The van der Waals surface area contributed by atoms with Gasteiger partial charge in [-0.25, -0.2) is 8.42 Å². The molecular formula is C27H36ClN3O5S. The fourth-order valence-corrected chi connectivity index (χ4v) is 5.54. The van der Waals surface area contributed by atoms with Crippen LogP contribution in [-0.4, -0.2) is 56.6 Å². The number of sulfonamides is 1. The number of benzene rings is 2. The molecule has 37 heavy (non-hydrogen) atoms. The molecule has 2 aromatic carbocycles. The summed E-state index contributed by atoms with van der Waals surface area (Å²) in [6, 6.07) is 12.9. The van der Waals surface area contributed by atoms with Crippen molar-refractivity contribution >= 4 is 39.1 Å². The number of hydrogen-bond acceptors (Lipinski definition) is 5. The van der Waals surface area contributed by atoms with Crippen LogP contribution in [-0.2, 0) is 26.2 Å². The molecule has 8 nitrogen and oxygen atoms in total. The van der Waals surface area contributed by atoms with E-state index in [0.29, 0.717) is 29.5 Å². The van der Waals surface area contributed by atoms with Gasteiger partial charge in [-0.15, -0.1) is 0 Å². The smallest absolute Gasteiger partial charge is 0.244 e. The van der Waals surface area contributed by atoms with Crippen LogP contribution in [0.1, 0.15) is 51.5 Å². The lowest BCUT2D eigenvalue weighted by Gasteiger charge is -2.33. The van der Waals surface area contributed by atoms with Gasteiger partial charge < -0.3 is 15.0 Å². The number of amides is 2. The van der Waals surface area contributed by atoms with Crippen molar-refractivity contribution in [1.29, 1.82) is 0 Å². The maximum Gasteiger partial charge on any atom is 0.244 e. The SMILES string of the molecule is CCOc1ccc(N(CC(=O)N(Cc2ccc(Cl)cc2)[C@@H](CC)C(=O)NC2CCCC2)S(C)(=O)=O)cc1. The summed E-state index contributed by atoms with van der Waals surface area (Å²) in [6.07, 6.45) is 5.44. The highest BCUT2D eigenvalue weighted by molar-refractivity contribution is 7.92. The summed E-state index contributed by atoms with van der Waals surface area (Å²) in [5.74, 6) is -0.0867. The Morgan fingerprint density at radius 3 is 2.22 bits per heavy atom. The number of halogens is 1. The van der Waals surface area contributed by atoms with Crippen LogP contribution in [0.4, 0.5) is 5.69 Å². The molecule has 10 heteroatoms. The fourth-order valence-electron chi connectivity index (χ4n) is 4.56. The first-order valence-corrected chi connectivity index (χ1v) is 14.9. The third-order valence-electron chi connectivity index (χ3n) is 6.47. The first-order valence-electron chi connectivity index (χ1n) is 12.7. The van der Waals surface area contributed by atoms with E-state index >= 15 is 0 Å². The molecular weight excluding hydrogens is 514 g/mol. The van der Waals surface area contributed by atoms with Crippen molar-refractivity contribution in [1.82, 2.24) is 10.2 Å². The highest BCUT2D eigenvalue weighted by Crippen LogP contribution is 2.24. The Balaban J connectivity index is 1.89. The molecule has 0 unspecified atom stereocenters. The molecule has 1 fully saturated rings. The minimum atomic E-state index is -3.79. The Morgan fingerprint density at radius 2 is 1.68 bits per heavy atom. The van der Waals surface area contributed by atoms with E-state index in [0.717, 1.165) is 41.8 Å². The van der Waals surface area contributed by atoms with Crippen LogP contribution in [0.25, 0.3) is 0 Å². The predicted molar refractivity (Wildman–Crippen MR) is 146 cm³/mol. The molecule has 1 saturated carbocycles. The lowest BCUT2D eigenvalue weighted by atomic mass is 10.1. The van der Waals surface area contributed by atoms with E-state index in [-0.39, 0.29) is 18.5 Å². The van der Waals surface area contributed by atoms with E-state index in [1.54, 1.807) is 48.5 Å². The van der Waals surface area contributed by atoms with E-state index in [9.17, 15) is 18.0 Å². The Morgan fingerprint density at radius 1 is 1.05 bits per heavy atom. The van der Waals surface area contributed by atoms with Gasteiger partial charge in [0.15, 0.2) is 0 Å². The van der Waals surface area contributed by atoms with Gasteiger partial charge in [-0.05, 0) is 68.1 Å². The molecule has 0 spiro atoms. The van der Waals surface area contributed by atoms with Gasteiger partial charge in [0.05, 0.1) is 18.6 Å². The van der Waals surface area contributed by atoms with Gasteiger partial charge >= 0.3 is 0 Å². The summed E-state index contributed by atoms with van der Waals surface area (Å²) in [5.41, 5.74) is 1.13. The normalized spacial score (nSPS) is 14.7. The first-order chi connectivity index (χ1) is 17.6. The Bertz CT molecular complexity index is 1150. The molecule has 1 atom stereocenters. The molecule has 1 aliphatic rings. The summed E-state index contributed by atoms with van der Waals surface area (Å²) >= 11 is 6.04. The molecule has 1 N–H and O–H groups in total. The number of carbonyl (C=O) groups is 2. The maximum atomic E-state index is 13.7. The zero-order valence-electron chi connectivity index (χ0n) is 21.7. The van der Waals surface area contributed by atoms with E-state index in [1.807, 2.05) is 13.8 Å².